The second-order valence-corrected chi connectivity index (χ2v) is 8.79. The van der Waals surface area contributed by atoms with Crippen molar-refractivity contribution in [2.45, 2.75) is 50.3 Å². The fourth-order valence-electron chi connectivity index (χ4n) is 3.62. The van der Waals surface area contributed by atoms with E-state index >= 15 is 0 Å². The number of hydrogen-bond donors (Lipinski definition) is 1. The van der Waals surface area contributed by atoms with E-state index in [1.54, 1.807) is 0 Å². The molecule has 1 aliphatic rings. The molecule has 27 heavy (non-hydrogen) atoms. The Morgan fingerprint density at radius 1 is 1.26 bits per heavy atom. The monoisotopic (exact) mass is 382 g/mol. The predicted molar refractivity (Wildman–Crippen MR) is 114 cm³/mol. The van der Waals surface area contributed by atoms with Gasteiger partial charge in [0, 0.05) is 35.3 Å². The molecule has 1 saturated heterocycles. The van der Waals surface area contributed by atoms with Gasteiger partial charge < -0.3 is 10.6 Å². The van der Waals surface area contributed by atoms with Crippen LogP contribution in [0.3, 0.4) is 0 Å². The average molecular weight is 383 g/mol. The topological polar surface area (TPSA) is 46.3 Å². The van der Waals surface area contributed by atoms with Crippen LogP contribution in [0.5, 0.6) is 0 Å². The molecule has 0 bridgehead atoms. The summed E-state index contributed by atoms with van der Waals surface area (Å²) in [6.45, 7) is 7.93. The summed E-state index contributed by atoms with van der Waals surface area (Å²) in [5.74, 6) is 1.41. The van der Waals surface area contributed by atoms with Gasteiger partial charge in [0.2, 0.25) is 0 Å². The van der Waals surface area contributed by atoms with Crippen molar-refractivity contribution in [1.82, 2.24) is 4.90 Å². The fourth-order valence-corrected chi connectivity index (χ4v) is 4.69. The molecule has 2 atom stereocenters. The Kier molecular flexibility index (Phi) is 6.61. The Hall–Kier alpha value is -1.78. The smallest absolute Gasteiger partial charge is 0.253 e. The minimum absolute atomic E-state index is 0.138. The molecule has 3 nitrogen and oxygen atoms in total. The van der Waals surface area contributed by atoms with E-state index in [4.69, 9.17) is 5.73 Å². The van der Waals surface area contributed by atoms with Crippen molar-refractivity contribution in [3.63, 3.8) is 0 Å². The molecule has 0 radical (unpaired) electrons. The number of carbonyl (C=O) groups is 1. The van der Waals surface area contributed by atoms with Gasteiger partial charge in [-0.1, -0.05) is 29.8 Å². The molecular weight excluding hydrogens is 352 g/mol. The normalized spacial score (nSPS) is 18.4. The third-order valence-corrected chi connectivity index (χ3v) is 6.63. The van der Waals surface area contributed by atoms with E-state index in [9.17, 15) is 4.79 Å². The summed E-state index contributed by atoms with van der Waals surface area (Å²) >= 11 is 1.83. The molecule has 1 amide bonds. The average Bonchev–Trinajstić information content (AvgIpc) is 2.68. The Bertz CT molecular complexity index is 803. The van der Waals surface area contributed by atoms with Crippen molar-refractivity contribution in [3.05, 3.63) is 64.7 Å². The minimum atomic E-state index is 0.138. The van der Waals surface area contributed by atoms with Crippen molar-refractivity contribution in [3.8, 4) is 0 Å². The minimum Gasteiger partial charge on any atom is -0.338 e. The molecule has 4 heteroatoms. The van der Waals surface area contributed by atoms with Gasteiger partial charge >= 0.3 is 0 Å². The Balaban J connectivity index is 1.68. The van der Waals surface area contributed by atoms with E-state index < -0.39 is 0 Å². The van der Waals surface area contributed by atoms with Crippen molar-refractivity contribution >= 4 is 17.7 Å². The molecule has 2 aromatic carbocycles. The highest BCUT2D eigenvalue weighted by Crippen LogP contribution is 2.28. The number of likely N-dealkylation sites (tertiary alicyclic amines) is 1. The van der Waals surface area contributed by atoms with Gasteiger partial charge in [-0.3, -0.25) is 4.79 Å². The first kappa shape index (κ1) is 20.0. The summed E-state index contributed by atoms with van der Waals surface area (Å²) in [4.78, 5) is 16.3. The van der Waals surface area contributed by atoms with E-state index in [1.807, 2.05) is 35.7 Å². The number of thioether (sulfide) groups is 1. The zero-order valence-electron chi connectivity index (χ0n) is 16.6. The van der Waals surface area contributed by atoms with Gasteiger partial charge in [-0.25, -0.2) is 0 Å². The van der Waals surface area contributed by atoms with Crippen LogP contribution in [0.1, 0.15) is 46.8 Å². The van der Waals surface area contributed by atoms with Crippen LogP contribution in [0.2, 0.25) is 0 Å². The van der Waals surface area contributed by atoms with E-state index in [0.717, 1.165) is 37.2 Å². The van der Waals surface area contributed by atoms with Gasteiger partial charge in [0.1, 0.15) is 0 Å². The number of benzene rings is 2. The van der Waals surface area contributed by atoms with Crippen molar-refractivity contribution in [2.75, 3.05) is 13.1 Å². The number of nitrogens with zero attached hydrogens (tertiary/aromatic N) is 1. The molecule has 1 fully saturated rings. The molecule has 0 spiro atoms. The first-order valence-corrected chi connectivity index (χ1v) is 10.8. The number of rotatable bonds is 5. The predicted octanol–water partition coefficient (Wildman–Crippen LogP) is 4.80. The SMILES string of the molecule is Cc1ccc(C)c(SCc2cccc(C(=O)N3CCCC(C(C)N)C3)c2)c1. The number of carbonyl (C=O) groups excluding carboxylic acids is 1. The largest absolute Gasteiger partial charge is 0.338 e. The molecule has 2 unspecified atom stereocenters. The van der Waals surface area contributed by atoms with Crippen LogP contribution in [-0.2, 0) is 5.75 Å². The maximum atomic E-state index is 13.0. The van der Waals surface area contributed by atoms with Crippen LogP contribution in [0.15, 0.2) is 47.4 Å². The highest BCUT2D eigenvalue weighted by atomic mass is 32.2. The van der Waals surface area contributed by atoms with E-state index in [-0.39, 0.29) is 11.9 Å². The van der Waals surface area contributed by atoms with Gasteiger partial charge in [0.05, 0.1) is 0 Å². The zero-order chi connectivity index (χ0) is 19.4. The molecule has 1 heterocycles. The van der Waals surface area contributed by atoms with Crippen LogP contribution < -0.4 is 5.73 Å². The molecular formula is C23H30N2OS. The zero-order valence-corrected chi connectivity index (χ0v) is 17.4. The number of hydrogen-bond acceptors (Lipinski definition) is 3. The molecule has 0 saturated carbocycles. The maximum Gasteiger partial charge on any atom is 0.253 e. The second-order valence-electron chi connectivity index (χ2n) is 7.77. The molecule has 144 valence electrons. The third-order valence-electron chi connectivity index (χ3n) is 5.40. The number of piperidine rings is 1. The summed E-state index contributed by atoms with van der Waals surface area (Å²) in [5.41, 5.74) is 10.6. The number of amides is 1. The van der Waals surface area contributed by atoms with Crippen LogP contribution >= 0.6 is 11.8 Å². The third kappa shape index (κ3) is 5.14. The summed E-state index contributed by atoms with van der Waals surface area (Å²) in [5, 5.41) is 0. The van der Waals surface area contributed by atoms with Gasteiger partial charge in [-0.15, -0.1) is 11.8 Å². The lowest BCUT2D eigenvalue weighted by Crippen LogP contribution is -2.45. The van der Waals surface area contributed by atoms with Crippen molar-refractivity contribution in [2.24, 2.45) is 11.7 Å². The maximum absolute atomic E-state index is 13.0. The summed E-state index contributed by atoms with van der Waals surface area (Å²) in [6, 6.07) is 14.8. The van der Waals surface area contributed by atoms with E-state index in [0.29, 0.717) is 5.92 Å². The van der Waals surface area contributed by atoms with Crippen LogP contribution in [0, 0.1) is 19.8 Å². The van der Waals surface area contributed by atoms with E-state index in [2.05, 4.69) is 44.2 Å². The molecule has 0 aromatic heterocycles. The van der Waals surface area contributed by atoms with Crippen LogP contribution in [0.25, 0.3) is 0 Å². The summed E-state index contributed by atoms with van der Waals surface area (Å²) in [6.07, 6.45) is 2.16. The first-order chi connectivity index (χ1) is 12.9. The molecule has 3 rings (SSSR count). The fraction of sp³-hybridized carbons (Fsp3) is 0.435. The quantitative estimate of drug-likeness (QED) is 0.756. The highest BCUT2D eigenvalue weighted by molar-refractivity contribution is 7.98. The van der Waals surface area contributed by atoms with Gasteiger partial charge in [-0.05, 0) is 68.9 Å². The van der Waals surface area contributed by atoms with E-state index in [1.165, 1.54) is 21.6 Å². The first-order valence-electron chi connectivity index (χ1n) is 9.78. The summed E-state index contributed by atoms with van der Waals surface area (Å²) < 4.78 is 0. The lowest BCUT2D eigenvalue weighted by Gasteiger charge is -2.34. The molecule has 2 aromatic rings. The van der Waals surface area contributed by atoms with Gasteiger partial charge in [0.15, 0.2) is 0 Å². The number of nitrogens with two attached hydrogens (primary N) is 1. The Morgan fingerprint density at radius 2 is 2.07 bits per heavy atom. The molecule has 1 aliphatic heterocycles. The lowest BCUT2D eigenvalue weighted by atomic mass is 9.92. The van der Waals surface area contributed by atoms with Crippen molar-refractivity contribution < 1.29 is 4.79 Å². The lowest BCUT2D eigenvalue weighted by molar-refractivity contribution is 0.0661. The highest BCUT2D eigenvalue weighted by Gasteiger charge is 2.26. The molecule has 0 aliphatic carbocycles. The van der Waals surface area contributed by atoms with Gasteiger partial charge in [0.25, 0.3) is 5.91 Å². The Labute approximate surface area is 167 Å². The van der Waals surface area contributed by atoms with Crippen molar-refractivity contribution in [1.29, 1.82) is 0 Å². The molecule has 2 N–H and O–H groups in total. The summed E-state index contributed by atoms with van der Waals surface area (Å²) in [7, 11) is 0. The number of aryl methyl sites for hydroxylation is 2. The van der Waals surface area contributed by atoms with Crippen LogP contribution in [0.4, 0.5) is 0 Å². The Morgan fingerprint density at radius 3 is 2.85 bits per heavy atom. The second kappa shape index (κ2) is 8.94. The standard InChI is InChI=1S/C23H30N2OS/c1-16-9-10-17(2)22(12-16)27-15-19-6-4-7-20(13-19)23(26)25-11-5-8-21(14-25)18(3)24/h4,6-7,9-10,12-13,18,21H,5,8,11,14-15,24H2,1-3H3. The van der Waals surface area contributed by atoms with Crippen LogP contribution in [-0.4, -0.2) is 29.9 Å². The van der Waals surface area contributed by atoms with Gasteiger partial charge in [-0.2, -0.15) is 0 Å².